The SMILES string of the molecule is CN=C(N)NN(N)Cc1oc2c(O)c(OC)ccc2c1C(=O)c1cc(OC)c(C)c(OC)c1. The topological polar surface area (TPSA) is 158 Å². The second-order valence-electron chi connectivity index (χ2n) is 7.08. The molecule has 0 fully saturated rings. The van der Waals surface area contributed by atoms with Crippen molar-refractivity contribution in [3.8, 4) is 23.0 Å². The van der Waals surface area contributed by atoms with Crippen molar-refractivity contribution in [3.05, 3.63) is 46.7 Å². The minimum atomic E-state index is -0.379. The Balaban J connectivity index is 2.19. The number of benzene rings is 2. The maximum absolute atomic E-state index is 13.7. The lowest BCUT2D eigenvalue weighted by Crippen LogP contribution is -2.49. The van der Waals surface area contributed by atoms with Crippen LogP contribution in [-0.4, -0.2) is 50.3 Å². The quantitative estimate of drug-likeness (QED) is 0.129. The molecule has 0 spiro atoms. The fraction of sp³-hybridized carbons (Fsp3) is 0.273. The Morgan fingerprint density at radius 3 is 2.30 bits per heavy atom. The lowest BCUT2D eigenvalue weighted by atomic mass is 9.98. The maximum Gasteiger partial charge on any atom is 0.204 e. The van der Waals surface area contributed by atoms with Crippen LogP contribution in [0.15, 0.2) is 33.7 Å². The van der Waals surface area contributed by atoms with Crippen LogP contribution in [0.1, 0.15) is 27.2 Å². The molecule has 1 heterocycles. The second kappa shape index (κ2) is 9.67. The summed E-state index contributed by atoms with van der Waals surface area (Å²) in [5.74, 6) is 6.81. The van der Waals surface area contributed by atoms with E-state index < -0.39 is 0 Å². The molecule has 0 saturated carbocycles. The molecule has 1 aromatic heterocycles. The van der Waals surface area contributed by atoms with Crippen LogP contribution in [0.5, 0.6) is 23.0 Å². The molecule has 0 amide bonds. The second-order valence-corrected chi connectivity index (χ2v) is 7.08. The minimum Gasteiger partial charge on any atom is -0.502 e. The van der Waals surface area contributed by atoms with Gasteiger partial charge in [-0.15, -0.1) is 0 Å². The normalized spacial score (nSPS) is 11.7. The van der Waals surface area contributed by atoms with Gasteiger partial charge in [0.1, 0.15) is 17.3 Å². The number of phenolic OH excluding ortho intramolecular Hbond substituents is 1. The summed E-state index contributed by atoms with van der Waals surface area (Å²) in [7, 11) is 5.93. The van der Waals surface area contributed by atoms with Crippen LogP contribution in [0.25, 0.3) is 11.0 Å². The van der Waals surface area contributed by atoms with Crippen LogP contribution >= 0.6 is 0 Å². The Hall–Kier alpha value is -3.96. The zero-order valence-electron chi connectivity index (χ0n) is 19.1. The Morgan fingerprint density at radius 2 is 1.76 bits per heavy atom. The van der Waals surface area contributed by atoms with Crippen molar-refractivity contribution < 1.29 is 28.5 Å². The van der Waals surface area contributed by atoms with E-state index in [1.165, 1.54) is 28.4 Å². The zero-order chi connectivity index (χ0) is 24.3. The molecule has 3 rings (SSSR count). The van der Waals surface area contributed by atoms with Gasteiger partial charge in [-0.25, -0.2) is 0 Å². The fourth-order valence-electron chi connectivity index (χ4n) is 3.46. The number of rotatable bonds is 8. The number of fused-ring (bicyclic) bond motifs is 1. The summed E-state index contributed by atoms with van der Waals surface area (Å²) in [5, 5.41) is 12.1. The monoisotopic (exact) mass is 457 g/mol. The van der Waals surface area contributed by atoms with E-state index in [-0.39, 0.29) is 46.7 Å². The van der Waals surface area contributed by atoms with Gasteiger partial charge in [-0.05, 0) is 31.2 Å². The van der Waals surface area contributed by atoms with Gasteiger partial charge in [-0.1, -0.05) is 0 Å². The molecular weight excluding hydrogens is 430 g/mol. The summed E-state index contributed by atoms with van der Waals surface area (Å²) in [4.78, 5) is 17.5. The van der Waals surface area contributed by atoms with Crippen molar-refractivity contribution in [1.29, 1.82) is 0 Å². The van der Waals surface area contributed by atoms with Gasteiger partial charge in [0.25, 0.3) is 0 Å². The largest absolute Gasteiger partial charge is 0.502 e. The number of ether oxygens (including phenoxy) is 3. The number of phenols is 1. The molecule has 11 heteroatoms. The van der Waals surface area contributed by atoms with Crippen LogP contribution in [0, 0.1) is 6.92 Å². The van der Waals surface area contributed by atoms with Crippen molar-refractivity contribution in [2.45, 2.75) is 13.5 Å². The van der Waals surface area contributed by atoms with Crippen LogP contribution in [0.4, 0.5) is 0 Å². The van der Waals surface area contributed by atoms with E-state index in [1.54, 1.807) is 24.3 Å². The first-order chi connectivity index (χ1) is 15.7. The summed E-state index contributed by atoms with van der Waals surface area (Å²) in [6.07, 6.45) is 0. The van der Waals surface area contributed by atoms with Gasteiger partial charge in [0, 0.05) is 23.6 Å². The molecule has 33 heavy (non-hydrogen) atoms. The third kappa shape index (κ3) is 4.49. The summed E-state index contributed by atoms with van der Waals surface area (Å²) in [6.45, 7) is 1.75. The molecule has 11 nitrogen and oxygen atoms in total. The van der Waals surface area contributed by atoms with Crippen LogP contribution in [0.2, 0.25) is 0 Å². The molecule has 3 aromatic rings. The van der Waals surface area contributed by atoms with Crippen molar-refractivity contribution in [1.82, 2.24) is 10.5 Å². The smallest absolute Gasteiger partial charge is 0.204 e. The van der Waals surface area contributed by atoms with Crippen molar-refractivity contribution >= 4 is 22.7 Å². The molecule has 0 unspecified atom stereocenters. The summed E-state index contributed by atoms with van der Waals surface area (Å²) in [6, 6.07) is 6.41. The van der Waals surface area contributed by atoms with Gasteiger partial charge in [-0.2, -0.15) is 5.12 Å². The number of aliphatic imine (C=N–C) groups is 1. The van der Waals surface area contributed by atoms with Crippen LogP contribution in [0.3, 0.4) is 0 Å². The van der Waals surface area contributed by atoms with E-state index in [2.05, 4.69) is 10.4 Å². The molecule has 0 aliphatic rings. The number of carbonyl (C=O) groups excluding carboxylic acids is 1. The third-order valence-corrected chi connectivity index (χ3v) is 5.14. The first kappa shape index (κ1) is 23.7. The lowest BCUT2D eigenvalue weighted by Gasteiger charge is -2.17. The average molecular weight is 457 g/mol. The number of furan rings is 1. The Labute approximate surface area is 190 Å². The van der Waals surface area contributed by atoms with Crippen molar-refractivity contribution in [2.75, 3.05) is 28.4 Å². The molecule has 0 aliphatic heterocycles. The predicted octanol–water partition coefficient (Wildman–Crippen LogP) is 1.83. The Morgan fingerprint density at radius 1 is 1.15 bits per heavy atom. The minimum absolute atomic E-state index is 0.0685. The molecule has 0 bridgehead atoms. The number of nitrogens with two attached hydrogens (primary N) is 2. The number of nitrogens with zero attached hydrogens (tertiary/aromatic N) is 2. The number of carbonyl (C=O) groups is 1. The van der Waals surface area contributed by atoms with E-state index in [0.29, 0.717) is 22.4 Å². The van der Waals surface area contributed by atoms with Gasteiger partial charge in [0.05, 0.1) is 33.4 Å². The maximum atomic E-state index is 13.7. The Kier molecular flexibility index (Phi) is 6.95. The highest BCUT2D eigenvalue weighted by molar-refractivity contribution is 6.18. The highest BCUT2D eigenvalue weighted by atomic mass is 16.5. The number of hydrogen-bond acceptors (Lipinski definition) is 9. The molecule has 0 aliphatic carbocycles. The summed E-state index contributed by atoms with van der Waals surface area (Å²) >= 11 is 0. The molecule has 0 radical (unpaired) electrons. The average Bonchev–Trinajstić information content (AvgIpc) is 3.17. The van der Waals surface area contributed by atoms with Gasteiger partial charge in [0.2, 0.25) is 11.7 Å². The highest BCUT2D eigenvalue weighted by Crippen LogP contribution is 2.40. The van der Waals surface area contributed by atoms with E-state index in [9.17, 15) is 9.90 Å². The van der Waals surface area contributed by atoms with E-state index in [4.69, 9.17) is 30.2 Å². The van der Waals surface area contributed by atoms with Gasteiger partial charge >= 0.3 is 0 Å². The zero-order valence-corrected chi connectivity index (χ0v) is 19.1. The molecular formula is C22H27N5O6. The summed E-state index contributed by atoms with van der Waals surface area (Å²) < 4.78 is 21.9. The van der Waals surface area contributed by atoms with Crippen LogP contribution < -0.4 is 31.2 Å². The number of aromatic hydroxyl groups is 1. The number of nitrogens with one attached hydrogen (secondary N) is 1. The van der Waals surface area contributed by atoms with Gasteiger partial charge in [0.15, 0.2) is 17.1 Å². The molecule has 0 saturated heterocycles. The van der Waals surface area contributed by atoms with E-state index >= 15 is 0 Å². The molecule has 0 atom stereocenters. The molecule has 6 N–H and O–H groups in total. The number of hydrazine groups is 2. The molecule has 176 valence electrons. The highest BCUT2D eigenvalue weighted by Gasteiger charge is 2.27. The van der Waals surface area contributed by atoms with Gasteiger partial charge in [-0.3, -0.25) is 21.1 Å². The lowest BCUT2D eigenvalue weighted by molar-refractivity contribution is 0.103. The third-order valence-electron chi connectivity index (χ3n) is 5.14. The first-order valence-corrected chi connectivity index (χ1v) is 9.85. The van der Waals surface area contributed by atoms with Crippen molar-refractivity contribution in [2.24, 2.45) is 16.6 Å². The predicted molar refractivity (Wildman–Crippen MR) is 123 cm³/mol. The molecule has 2 aromatic carbocycles. The van der Waals surface area contributed by atoms with E-state index in [1.807, 2.05) is 6.92 Å². The Bertz CT molecular complexity index is 1190. The number of hydrogen-bond donors (Lipinski definition) is 4. The number of guanidine groups is 1. The fourth-order valence-corrected chi connectivity index (χ4v) is 3.46. The van der Waals surface area contributed by atoms with Crippen molar-refractivity contribution in [3.63, 3.8) is 0 Å². The standard InChI is InChI=1S/C22H27N5O6/c1-11-15(31-4)8-12(9-16(11)32-5)19(28)18-13-6-7-14(30-3)20(29)21(13)33-17(18)10-27(24)26-22(23)25-2/h6-9,29H,10,24H2,1-5H3,(H3,23,25,26). The van der Waals surface area contributed by atoms with Crippen LogP contribution in [-0.2, 0) is 6.54 Å². The summed E-state index contributed by atoms with van der Waals surface area (Å²) in [5.41, 5.74) is 9.67. The first-order valence-electron chi connectivity index (χ1n) is 9.85. The van der Waals surface area contributed by atoms with Gasteiger partial charge < -0.3 is 29.5 Å². The number of methoxy groups -OCH3 is 3. The number of ketones is 1. The van der Waals surface area contributed by atoms with E-state index in [0.717, 1.165) is 10.7 Å².